The minimum Gasteiger partial charge on any atom is -0.457 e. The van der Waals surface area contributed by atoms with E-state index in [0.717, 1.165) is 17.1 Å². The van der Waals surface area contributed by atoms with Crippen LogP contribution >= 0.6 is 0 Å². The smallest absolute Gasteiger partial charge is 0.332 e. The van der Waals surface area contributed by atoms with Crippen molar-refractivity contribution in [3.05, 3.63) is 60.2 Å². The van der Waals surface area contributed by atoms with Crippen LogP contribution < -0.4 is 15.9 Å². The molecule has 2 aromatic carbocycles. The number of hydrogen-bond donors (Lipinski definition) is 2. The molecule has 0 aliphatic heterocycles. The number of hydrogen-bond acceptors (Lipinski definition) is 3. The van der Waals surface area contributed by atoms with Crippen LogP contribution in [0.25, 0.3) is 0 Å². The number of rotatable bonds is 4. The maximum atomic E-state index is 10.6. The second kappa shape index (κ2) is 6.38. The summed E-state index contributed by atoms with van der Waals surface area (Å²) in [5, 5.41) is 3.86. The number of carbonyl (C=O) groups excluding carboxylic acids is 1. The van der Waals surface area contributed by atoms with Crippen molar-refractivity contribution < 1.29 is 9.53 Å². The van der Waals surface area contributed by atoms with Crippen LogP contribution in [0.3, 0.4) is 0 Å². The standard InChI is InChI=1S/C15H15N3O2/c1-11(17-18-15(16)19)12-7-9-14(10-8-12)20-13-5-3-2-4-6-13/h2-10H,1H3,(H3,16,18,19)/b17-11-. The Morgan fingerprint density at radius 3 is 2.25 bits per heavy atom. The summed E-state index contributed by atoms with van der Waals surface area (Å²) in [6, 6.07) is 16.2. The molecular formula is C15H15N3O2. The van der Waals surface area contributed by atoms with Crippen molar-refractivity contribution in [3.8, 4) is 11.5 Å². The number of primary amides is 1. The Labute approximate surface area is 117 Å². The van der Waals surface area contributed by atoms with Crippen LogP contribution in [-0.2, 0) is 0 Å². The number of para-hydroxylation sites is 1. The van der Waals surface area contributed by atoms with Gasteiger partial charge in [-0.1, -0.05) is 18.2 Å². The average Bonchev–Trinajstić information content (AvgIpc) is 2.46. The van der Waals surface area contributed by atoms with E-state index in [1.165, 1.54) is 0 Å². The molecular weight excluding hydrogens is 254 g/mol. The third kappa shape index (κ3) is 3.84. The number of urea groups is 1. The summed E-state index contributed by atoms with van der Waals surface area (Å²) < 4.78 is 5.68. The highest BCUT2D eigenvalue weighted by Gasteiger charge is 2.00. The molecule has 2 amide bonds. The highest BCUT2D eigenvalue weighted by Crippen LogP contribution is 2.21. The van der Waals surface area contributed by atoms with E-state index < -0.39 is 6.03 Å². The maximum Gasteiger partial charge on any atom is 0.332 e. The predicted octanol–water partition coefficient (Wildman–Crippen LogP) is 2.87. The zero-order valence-electron chi connectivity index (χ0n) is 11.0. The molecule has 5 heteroatoms. The topological polar surface area (TPSA) is 76.7 Å². The van der Waals surface area contributed by atoms with Crippen LogP contribution in [0, 0.1) is 0 Å². The number of nitrogens with one attached hydrogen (secondary N) is 1. The molecule has 0 aliphatic carbocycles. The predicted molar refractivity (Wildman–Crippen MR) is 77.9 cm³/mol. The summed E-state index contributed by atoms with van der Waals surface area (Å²) in [6.45, 7) is 1.78. The zero-order chi connectivity index (χ0) is 14.4. The Bertz CT molecular complexity index is 607. The summed E-state index contributed by atoms with van der Waals surface area (Å²) in [6.07, 6.45) is 0. The lowest BCUT2D eigenvalue weighted by atomic mass is 10.1. The average molecular weight is 269 g/mol. The van der Waals surface area contributed by atoms with Gasteiger partial charge >= 0.3 is 6.03 Å². The third-order valence-electron chi connectivity index (χ3n) is 2.58. The maximum absolute atomic E-state index is 10.6. The van der Waals surface area contributed by atoms with Crippen molar-refractivity contribution in [3.63, 3.8) is 0 Å². The monoisotopic (exact) mass is 269 g/mol. The van der Waals surface area contributed by atoms with Gasteiger partial charge in [0.1, 0.15) is 11.5 Å². The molecule has 0 unspecified atom stereocenters. The van der Waals surface area contributed by atoms with Crippen molar-refractivity contribution in [2.75, 3.05) is 0 Å². The Morgan fingerprint density at radius 1 is 1.05 bits per heavy atom. The van der Waals surface area contributed by atoms with Gasteiger partial charge in [-0.25, -0.2) is 10.2 Å². The second-order valence-electron chi connectivity index (χ2n) is 4.11. The Morgan fingerprint density at radius 2 is 1.65 bits per heavy atom. The van der Waals surface area contributed by atoms with Gasteiger partial charge in [0.2, 0.25) is 0 Å². The quantitative estimate of drug-likeness (QED) is 0.661. The van der Waals surface area contributed by atoms with Crippen LogP contribution in [0.15, 0.2) is 59.7 Å². The minimum atomic E-state index is -0.687. The molecule has 0 heterocycles. The van der Waals surface area contributed by atoms with E-state index in [-0.39, 0.29) is 0 Å². The molecule has 0 atom stereocenters. The van der Waals surface area contributed by atoms with Crippen molar-refractivity contribution in [1.29, 1.82) is 0 Å². The third-order valence-corrected chi connectivity index (χ3v) is 2.58. The van der Waals surface area contributed by atoms with Crippen molar-refractivity contribution in [1.82, 2.24) is 5.43 Å². The summed E-state index contributed by atoms with van der Waals surface area (Å²) in [4.78, 5) is 10.6. The van der Waals surface area contributed by atoms with Gasteiger partial charge in [-0.05, 0) is 48.9 Å². The first-order chi connectivity index (χ1) is 9.65. The second-order valence-corrected chi connectivity index (χ2v) is 4.11. The molecule has 0 saturated heterocycles. The normalized spacial score (nSPS) is 10.9. The lowest BCUT2D eigenvalue weighted by Crippen LogP contribution is -2.25. The number of carbonyl (C=O) groups is 1. The van der Waals surface area contributed by atoms with Gasteiger partial charge < -0.3 is 10.5 Å². The fourth-order valence-corrected chi connectivity index (χ4v) is 1.59. The van der Waals surface area contributed by atoms with Gasteiger partial charge in [0.15, 0.2) is 0 Å². The SMILES string of the molecule is C/C(=N/NC(N)=O)c1ccc(Oc2ccccc2)cc1. The summed E-state index contributed by atoms with van der Waals surface area (Å²) in [5.41, 5.74) is 8.68. The van der Waals surface area contributed by atoms with E-state index in [0.29, 0.717) is 5.71 Å². The lowest BCUT2D eigenvalue weighted by Gasteiger charge is -2.06. The van der Waals surface area contributed by atoms with Gasteiger partial charge in [-0.3, -0.25) is 0 Å². The molecule has 2 aromatic rings. The summed E-state index contributed by atoms with van der Waals surface area (Å²) >= 11 is 0. The van der Waals surface area contributed by atoms with E-state index in [2.05, 4.69) is 10.5 Å². The highest BCUT2D eigenvalue weighted by atomic mass is 16.5. The molecule has 0 spiro atoms. The molecule has 0 aliphatic rings. The molecule has 0 fully saturated rings. The van der Waals surface area contributed by atoms with E-state index in [9.17, 15) is 4.79 Å². The molecule has 5 nitrogen and oxygen atoms in total. The molecule has 0 radical (unpaired) electrons. The first-order valence-electron chi connectivity index (χ1n) is 6.08. The van der Waals surface area contributed by atoms with E-state index >= 15 is 0 Å². The minimum absolute atomic E-state index is 0.662. The number of amides is 2. The molecule has 2 rings (SSSR count). The van der Waals surface area contributed by atoms with Crippen LogP contribution in [-0.4, -0.2) is 11.7 Å². The number of nitrogens with two attached hydrogens (primary N) is 1. The summed E-state index contributed by atoms with van der Waals surface area (Å²) in [7, 11) is 0. The van der Waals surface area contributed by atoms with Crippen LogP contribution in [0.2, 0.25) is 0 Å². The van der Waals surface area contributed by atoms with E-state index in [1.54, 1.807) is 6.92 Å². The molecule has 0 bridgehead atoms. The Balaban J connectivity index is 2.06. The first-order valence-corrected chi connectivity index (χ1v) is 6.08. The van der Waals surface area contributed by atoms with Crippen molar-refractivity contribution in [2.24, 2.45) is 10.8 Å². The molecule has 0 aromatic heterocycles. The first kappa shape index (κ1) is 13.6. The zero-order valence-corrected chi connectivity index (χ0v) is 11.0. The fourth-order valence-electron chi connectivity index (χ4n) is 1.59. The molecule has 20 heavy (non-hydrogen) atoms. The van der Waals surface area contributed by atoms with E-state index in [1.807, 2.05) is 54.6 Å². The molecule has 0 saturated carbocycles. The number of hydrazone groups is 1. The fraction of sp³-hybridized carbons (Fsp3) is 0.0667. The van der Waals surface area contributed by atoms with Crippen molar-refractivity contribution >= 4 is 11.7 Å². The summed E-state index contributed by atoms with van der Waals surface area (Å²) in [5.74, 6) is 1.51. The molecule has 3 N–H and O–H groups in total. The van der Waals surface area contributed by atoms with Crippen molar-refractivity contribution in [2.45, 2.75) is 6.92 Å². The Hall–Kier alpha value is -2.82. The highest BCUT2D eigenvalue weighted by molar-refractivity contribution is 5.99. The van der Waals surface area contributed by atoms with Gasteiger partial charge in [0.05, 0.1) is 5.71 Å². The van der Waals surface area contributed by atoms with Crippen LogP contribution in [0.4, 0.5) is 4.79 Å². The largest absolute Gasteiger partial charge is 0.457 e. The van der Waals surface area contributed by atoms with Gasteiger partial charge in [-0.2, -0.15) is 5.10 Å². The lowest BCUT2D eigenvalue weighted by molar-refractivity contribution is 0.249. The van der Waals surface area contributed by atoms with Crippen LogP contribution in [0.1, 0.15) is 12.5 Å². The Kier molecular flexibility index (Phi) is 4.34. The van der Waals surface area contributed by atoms with Gasteiger partial charge in [0, 0.05) is 0 Å². The number of benzene rings is 2. The van der Waals surface area contributed by atoms with Gasteiger partial charge in [-0.15, -0.1) is 0 Å². The van der Waals surface area contributed by atoms with Gasteiger partial charge in [0.25, 0.3) is 0 Å². The number of nitrogens with zero attached hydrogens (tertiary/aromatic N) is 1. The van der Waals surface area contributed by atoms with Crippen LogP contribution in [0.5, 0.6) is 11.5 Å². The molecule has 102 valence electrons. The van der Waals surface area contributed by atoms with E-state index in [4.69, 9.17) is 10.5 Å². The number of ether oxygens (including phenoxy) is 1.